The van der Waals surface area contributed by atoms with E-state index in [1.54, 1.807) is 0 Å². The summed E-state index contributed by atoms with van der Waals surface area (Å²) in [5.74, 6) is -2.69. The largest absolute Gasteiger partial charge is 0.504 e. The Kier molecular flexibility index (Phi) is 3.85. The van der Waals surface area contributed by atoms with E-state index in [1.807, 2.05) is 0 Å². The van der Waals surface area contributed by atoms with E-state index < -0.39 is 17.4 Å². The zero-order valence-corrected chi connectivity index (χ0v) is 8.26. The molecule has 3 nitrogen and oxygen atoms in total. The Bertz CT molecular complexity index is 353. The summed E-state index contributed by atoms with van der Waals surface area (Å²) in [6.07, 6.45) is 0.421. The highest BCUT2D eigenvalue weighted by Gasteiger charge is 2.18. The highest BCUT2D eigenvalue weighted by molar-refractivity contribution is 5.47. The molecule has 1 aromatic carbocycles. The fourth-order valence-corrected chi connectivity index (χ4v) is 1.32. The molecule has 0 radical (unpaired) electrons. The average molecular weight is 218 g/mol. The Morgan fingerprint density at radius 1 is 1.33 bits per heavy atom. The summed E-state index contributed by atoms with van der Waals surface area (Å²) in [6, 6.07) is 0.658. The van der Waals surface area contributed by atoms with Crippen LogP contribution >= 0.6 is 0 Å². The summed E-state index contributed by atoms with van der Waals surface area (Å²) in [5.41, 5.74) is -0.0395. The maximum atomic E-state index is 13.2. The first-order valence-electron chi connectivity index (χ1n) is 4.46. The molecule has 5 heteroatoms. The number of benzene rings is 1. The molecule has 2 N–H and O–H groups in total. The van der Waals surface area contributed by atoms with Gasteiger partial charge in [-0.05, 0) is 12.8 Å². The molecule has 0 spiro atoms. The van der Waals surface area contributed by atoms with Crippen LogP contribution in [-0.4, -0.2) is 23.9 Å². The summed E-state index contributed by atoms with van der Waals surface area (Å²) in [6.45, 7) is -0.126. The van der Waals surface area contributed by atoms with E-state index in [9.17, 15) is 13.9 Å². The molecule has 0 bridgehead atoms. The van der Waals surface area contributed by atoms with E-state index >= 15 is 0 Å². The molecule has 0 amide bonds. The second-order valence-corrected chi connectivity index (χ2v) is 3.03. The number of phenolic OH excluding ortho intramolecular Hbond substituents is 1. The third-order valence-corrected chi connectivity index (χ3v) is 2.05. The van der Waals surface area contributed by atoms with E-state index in [4.69, 9.17) is 5.11 Å². The lowest BCUT2D eigenvalue weighted by atomic mass is 10.1. The van der Waals surface area contributed by atoms with Crippen molar-refractivity contribution in [3.8, 4) is 11.5 Å². The second-order valence-electron chi connectivity index (χ2n) is 3.03. The van der Waals surface area contributed by atoms with Crippen LogP contribution in [0.2, 0.25) is 0 Å². The number of phenols is 1. The summed E-state index contributed by atoms with van der Waals surface area (Å²) in [7, 11) is 1.19. The number of halogens is 2. The molecule has 84 valence electrons. The lowest BCUT2D eigenvalue weighted by molar-refractivity contribution is 0.286. The molecule has 1 rings (SSSR count). The Balaban J connectivity index is 3.14. The van der Waals surface area contributed by atoms with Gasteiger partial charge in [0, 0.05) is 18.2 Å². The first kappa shape index (κ1) is 11.7. The fraction of sp³-hybridized carbons (Fsp3) is 0.400. The van der Waals surface area contributed by atoms with Gasteiger partial charge in [0.1, 0.15) is 5.82 Å². The molecule has 0 saturated heterocycles. The van der Waals surface area contributed by atoms with Gasteiger partial charge < -0.3 is 14.9 Å². The zero-order chi connectivity index (χ0) is 11.4. The van der Waals surface area contributed by atoms with Crippen LogP contribution in [-0.2, 0) is 6.42 Å². The first-order chi connectivity index (χ1) is 7.11. The van der Waals surface area contributed by atoms with Gasteiger partial charge in [0.05, 0.1) is 7.11 Å². The minimum Gasteiger partial charge on any atom is -0.504 e. The first-order valence-corrected chi connectivity index (χ1v) is 4.46. The highest BCUT2D eigenvalue weighted by Crippen LogP contribution is 2.35. The van der Waals surface area contributed by atoms with Crippen LogP contribution in [0.1, 0.15) is 12.0 Å². The Morgan fingerprint density at radius 2 is 2.00 bits per heavy atom. The molecule has 0 unspecified atom stereocenters. The van der Waals surface area contributed by atoms with E-state index in [2.05, 4.69) is 4.74 Å². The van der Waals surface area contributed by atoms with E-state index in [0.717, 1.165) is 0 Å². The van der Waals surface area contributed by atoms with Crippen molar-refractivity contribution in [2.75, 3.05) is 13.7 Å². The summed E-state index contributed by atoms with van der Waals surface area (Å²) < 4.78 is 30.9. The van der Waals surface area contributed by atoms with Crippen molar-refractivity contribution in [2.45, 2.75) is 12.8 Å². The minimum absolute atomic E-state index is 0.0395. The maximum absolute atomic E-state index is 13.2. The minimum atomic E-state index is -0.944. The van der Waals surface area contributed by atoms with Gasteiger partial charge in [0.15, 0.2) is 17.3 Å². The van der Waals surface area contributed by atoms with Crippen LogP contribution in [0.25, 0.3) is 0 Å². The molecule has 0 heterocycles. The summed E-state index contributed by atoms with van der Waals surface area (Å²) in [4.78, 5) is 0. The number of aliphatic hydroxyl groups excluding tert-OH is 1. The molecular weight excluding hydrogens is 206 g/mol. The SMILES string of the molecule is COc1c(F)cc(F)c(CCCO)c1O. The van der Waals surface area contributed by atoms with Gasteiger partial charge in [-0.2, -0.15) is 0 Å². The molecule has 0 saturated carbocycles. The van der Waals surface area contributed by atoms with E-state index in [-0.39, 0.29) is 24.3 Å². The number of hydrogen-bond acceptors (Lipinski definition) is 3. The van der Waals surface area contributed by atoms with Gasteiger partial charge in [-0.3, -0.25) is 0 Å². The zero-order valence-electron chi connectivity index (χ0n) is 8.26. The topological polar surface area (TPSA) is 49.7 Å². The molecule has 0 atom stereocenters. The quantitative estimate of drug-likeness (QED) is 0.807. The predicted molar refractivity (Wildman–Crippen MR) is 50.0 cm³/mol. The lowest BCUT2D eigenvalue weighted by Gasteiger charge is -2.10. The van der Waals surface area contributed by atoms with E-state index in [0.29, 0.717) is 12.5 Å². The number of aliphatic hydroxyl groups is 1. The molecule has 15 heavy (non-hydrogen) atoms. The molecule has 0 fully saturated rings. The average Bonchev–Trinajstić information content (AvgIpc) is 2.17. The van der Waals surface area contributed by atoms with Gasteiger partial charge >= 0.3 is 0 Å². The monoisotopic (exact) mass is 218 g/mol. The van der Waals surface area contributed by atoms with Crippen LogP contribution in [0.3, 0.4) is 0 Å². The normalized spacial score (nSPS) is 10.4. The predicted octanol–water partition coefficient (Wildman–Crippen LogP) is 1.60. The fourth-order valence-electron chi connectivity index (χ4n) is 1.32. The third-order valence-electron chi connectivity index (χ3n) is 2.05. The molecule has 0 aliphatic carbocycles. The van der Waals surface area contributed by atoms with Gasteiger partial charge in [0.2, 0.25) is 0 Å². The molecular formula is C10H12F2O3. The van der Waals surface area contributed by atoms with E-state index in [1.165, 1.54) is 7.11 Å². The molecule has 0 aliphatic heterocycles. The number of ether oxygens (including phenoxy) is 1. The van der Waals surface area contributed by atoms with Crippen molar-refractivity contribution in [1.82, 2.24) is 0 Å². The molecule has 0 aliphatic rings. The number of rotatable bonds is 4. The Labute approximate surface area is 85.9 Å². The van der Waals surface area contributed by atoms with Crippen LogP contribution in [0.15, 0.2) is 6.07 Å². The van der Waals surface area contributed by atoms with Crippen LogP contribution in [0.5, 0.6) is 11.5 Å². The standard InChI is InChI=1S/C10H12F2O3/c1-15-10-8(12)5-7(11)6(9(10)14)3-2-4-13/h5,13-14H,2-4H2,1H3. The number of aromatic hydroxyl groups is 1. The number of methoxy groups -OCH3 is 1. The Hall–Kier alpha value is -1.36. The molecule has 0 aromatic heterocycles. The smallest absolute Gasteiger partial charge is 0.197 e. The Morgan fingerprint density at radius 3 is 2.53 bits per heavy atom. The van der Waals surface area contributed by atoms with Gasteiger partial charge in [-0.15, -0.1) is 0 Å². The van der Waals surface area contributed by atoms with Crippen molar-refractivity contribution in [3.63, 3.8) is 0 Å². The summed E-state index contributed by atoms with van der Waals surface area (Å²) >= 11 is 0. The maximum Gasteiger partial charge on any atom is 0.197 e. The van der Waals surface area contributed by atoms with Crippen LogP contribution in [0, 0.1) is 11.6 Å². The summed E-state index contributed by atoms with van der Waals surface area (Å²) in [5, 5.41) is 18.1. The number of hydrogen-bond donors (Lipinski definition) is 2. The highest BCUT2D eigenvalue weighted by atomic mass is 19.1. The van der Waals surface area contributed by atoms with Crippen LogP contribution < -0.4 is 4.74 Å². The molecule has 1 aromatic rings. The van der Waals surface area contributed by atoms with Gasteiger partial charge in [0.25, 0.3) is 0 Å². The van der Waals surface area contributed by atoms with Crippen molar-refractivity contribution in [3.05, 3.63) is 23.3 Å². The van der Waals surface area contributed by atoms with Crippen LogP contribution in [0.4, 0.5) is 8.78 Å². The lowest BCUT2D eigenvalue weighted by Crippen LogP contribution is -1.99. The third kappa shape index (κ3) is 2.36. The van der Waals surface area contributed by atoms with Crippen molar-refractivity contribution >= 4 is 0 Å². The van der Waals surface area contributed by atoms with Crippen molar-refractivity contribution < 1.29 is 23.7 Å². The van der Waals surface area contributed by atoms with Gasteiger partial charge in [-0.25, -0.2) is 8.78 Å². The van der Waals surface area contributed by atoms with Crippen molar-refractivity contribution in [2.24, 2.45) is 0 Å². The van der Waals surface area contributed by atoms with Crippen molar-refractivity contribution in [1.29, 1.82) is 0 Å². The van der Waals surface area contributed by atoms with Gasteiger partial charge in [-0.1, -0.05) is 0 Å². The second kappa shape index (κ2) is 4.93.